The molecule has 1 saturated carbocycles. The van der Waals surface area contributed by atoms with E-state index in [9.17, 15) is 18.0 Å². The summed E-state index contributed by atoms with van der Waals surface area (Å²) in [5.74, 6) is 0.385. The van der Waals surface area contributed by atoms with Gasteiger partial charge in [0.1, 0.15) is 5.75 Å². The molecule has 6 nitrogen and oxygen atoms in total. The van der Waals surface area contributed by atoms with Crippen molar-refractivity contribution in [1.82, 2.24) is 4.90 Å². The average molecular weight is 484 g/mol. The smallest absolute Gasteiger partial charge is 0.261 e. The SMILES string of the molecule is C[C@@H](CS(=O)(=O)CCCCCN1C(=O)c2ccccc2C1=O)c1cccc(OC2CCCC2)c1. The molecule has 2 aromatic rings. The van der Waals surface area contributed by atoms with Crippen LogP contribution in [-0.4, -0.2) is 49.3 Å². The molecule has 0 radical (unpaired) electrons. The predicted octanol–water partition coefficient (Wildman–Crippen LogP) is 4.99. The molecule has 7 heteroatoms. The number of benzene rings is 2. The number of fused-ring (bicyclic) bond motifs is 1. The van der Waals surface area contributed by atoms with Crippen molar-refractivity contribution in [3.63, 3.8) is 0 Å². The summed E-state index contributed by atoms with van der Waals surface area (Å²) in [7, 11) is -3.22. The monoisotopic (exact) mass is 483 g/mol. The summed E-state index contributed by atoms with van der Waals surface area (Å²) in [5, 5.41) is 0. The van der Waals surface area contributed by atoms with Crippen LogP contribution in [0.4, 0.5) is 0 Å². The van der Waals surface area contributed by atoms with E-state index in [-0.39, 0.29) is 35.3 Å². The average Bonchev–Trinajstić information content (AvgIpc) is 3.41. The van der Waals surface area contributed by atoms with Gasteiger partial charge in [-0.15, -0.1) is 0 Å². The number of hydrogen-bond donors (Lipinski definition) is 0. The zero-order valence-corrected chi connectivity index (χ0v) is 20.6. The maximum atomic E-state index is 12.7. The fraction of sp³-hybridized carbons (Fsp3) is 0.481. The van der Waals surface area contributed by atoms with Crippen LogP contribution in [0.15, 0.2) is 48.5 Å². The number of sulfone groups is 1. The minimum atomic E-state index is -3.22. The quantitative estimate of drug-likeness (QED) is 0.332. The number of unbranched alkanes of at least 4 members (excludes halogenated alkanes) is 2. The lowest BCUT2D eigenvalue weighted by molar-refractivity contribution is 0.0651. The molecular formula is C27H33NO5S. The van der Waals surface area contributed by atoms with Crippen LogP contribution in [0.1, 0.15) is 84.1 Å². The van der Waals surface area contributed by atoms with Gasteiger partial charge in [0.05, 0.1) is 28.7 Å². The van der Waals surface area contributed by atoms with Gasteiger partial charge in [-0.1, -0.05) is 37.6 Å². The van der Waals surface area contributed by atoms with Crippen molar-refractivity contribution in [2.75, 3.05) is 18.1 Å². The fourth-order valence-electron chi connectivity index (χ4n) is 4.86. The van der Waals surface area contributed by atoms with E-state index >= 15 is 0 Å². The van der Waals surface area contributed by atoms with Gasteiger partial charge in [-0.3, -0.25) is 14.5 Å². The van der Waals surface area contributed by atoms with Crippen LogP contribution in [0.2, 0.25) is 0 Å². The van der Waals surface area contributed by atoms with Crippen LogP contribution in [-0.2, 0) is 9.84 Å². The van der Waals surface area contributed by atoms with E-state index in [1.54, 1.807) is 24.3 Å². The van der Waals surface area contributed by atoms with E-state index in [2.05, 4.69) is 0 Å². The van der Waals surface area contributed by atoms with Crippen LogP contribution in [0.3, 0.4) is 0 Å². The first kappa shape index (κ1) is 24.5. The molecule has 2 amide bonds. The third-order valence-corrected chi connectivity index (χ3v) is 8.67. The summed E-state index contributed by atoms with van der Waals surface area (Å²) < 4.78 is 31.5. The first-order chi connectivity index (χ1) is 16.3. The van der Waals surface area contributed by atoms with E-state index in [1.807, 2.05) is 31.2 Å². The Kier molecular flexibility index (Phi) is 7.71. The Labute approximate surface area is 202 Å². The second-order valence-corrected chi connectivity index (χ2v) is 11.7. The topological polar surface area (TPSA) is 80.8 Å². The van der Waals surface area contributed by atoms with Crippen LogP contribution < -0.4 is 4.74 Å². The molecule has 0 N–H and O–H groups in total. The molecule has 0 bridgehead atoms. The highest BCUT2D eigenvalue weighted by molar-refractivity contribution is 7.91. The highest BCUT2D eigenvalue weighted by atomic mass is 32.2. The number of hydrogen-bond acceptors (Lipinski definition) is 5. The van der Waals surface area contributed by atoms with Crippen molar-refractivity contribution in [2.24, 2.45) is 0 Å². The number of carbonyl (C=O) groups is 2. The summed E-state index contributed by atoms with van der Waals surface area (Å²) in [5.41, 5.74) is 1.87. The Balaban J connectivity index is 1.21. The van der Waals surface area contributed by atoms with Crippen LogP contribution in [0, 0.1) is 0 Å². The van der Waals surface area contributed by atoms with E-state index in [1.165, 1.54) is 17.7 Å². The van der Waals surface area contributed by atoms with Gasteiger partial charge in [-0.2, -0.15) is 0 Å². The minimum Gasteiger partial charge on any atom is -0.490 e. The van der Waals surface area contributed by atoms with Crippen molar-refractivity contribution in [2.45, 2.75) is 63.9 Å². The van der Waals surface area contributed by atoms with Crippen molar-refractivity contribution >= 4 is 21.7 Å². The molecule has 1 atom stereocenters. The lowest BCUT2D eigenvalue weighted by Crippen LogP contribution is -2.30. The molecule has 0 unspecified atom stereocenters. The number of nitrogens with zero attached hydrogens (tertiary/aromatic N) is 1. The molecule has 1 fully saturated rings. The van der Waals surface area contributed by atoms with E-state index in [0.717, 1.165) is 24.2 Å². The number of amides is 2. The normalized spacial score (nSPS) is 17.3. The zero-order chi connectivity index (χ0) is 24.1. The number of carbonyl (C=O) groups excluding carboxylic acids is 2. The van der Waals surface area contributed by atoms with Crippen LogP contribution in [0.5, 0.6) is 5.75 Å². The summed E-state index contributed by atoms with van der Waals surface area (Å²) in [6.45, 7) is 2.26. The van der Waals surface area contributed by atoms with Gasteiger partial charge in [-0.05, 0) is 74.3 Å². The van der Waals surface area contributed by atoms with E-state index < -0.39 is 9.84 Å². The number of ether oxygens (including phenoxy) is 1. The molecular weight excluding hydrogens is 450 g/mol. The largest absolute Gasteiger partial charge is 0.490 e. The molecule has 34 heavy (non-hydrogen) atoms. The fourth-order valence-corrected chi connectivity index (χ4v) is 6.63. The standard InChI is InChI=1S/C27H33NO5S/c1-20(21-10-9-13-23(18-21)33-22-11-3-4-12-22)19-34(31,32)17-8-2-7-16-28-26(29)24-14-5-6-15-25(24)27(28)30/h5-6,9-10,13-15,18,20,22H,2-4,7-8,11-12,16-17,19H2,1H3/t20-/m0/s1. The molecule has 1 aliphatic heterocycles. The molecule has 182 valence electrons. The first-order valence-corrected chi connectivity index (χ1v) is 14.1. The molecule has 0 aromatic heterocycles. The second-order valence-electron chi connectivity index (χ2n) is 9.48. The maximum absolute atomic E-state index is 12.7. The number of imide groups is 1. The lowest BCUT2D eigenvalue weighted by Gasteiger charge is -2.17. The van der Waals surface area contributed by atoms with E-state index in [0.29, 0.717) is 36.9 Å². The van der Waals surface area contributed by atoms with Gasteiger partial charge in [0.15, 0.2) is 9.84 Å². The Bertz CT molecular complexity index is 1100. The zero-order valence-electron chi connectivity index (χ0n) is 19.7. The third-order valence-electron chi connectivity index (χ3n) is 6.75. The summed E-state index contributed by atoms with van der Waals surface area (Å²) >= 11 is 0. The van der Waals surface area contributed by atoms with Crippen LogP contribution >= 0.6 is 0 Å². The second kappa shape index (κ2) is 10.7. The Morgan fingerprint density at radius 2 is 1.62 bits per heavy atom. The predicted molar refractivity (Wildman–Crippen MR) is 132 cm³/mol. The third kappa shape index (κ3) is 5.87. The molecule has 4 rings (SSSR count). The van der Waals surface area contributed by atoms with Gasteiger partial charge < -0.3 is 4.74 Å². The lowest BCUT2D eigenvalue weighted by atomic mass is 10.0. The van der Waals surface area contributed by atoms with Crippen molar-refractivity contribution in [3.8, 4) is 5.75 Å². The number of rotatable bonds is 11. The van der Waals surface area contributed by atoms with Crippen molar-refractivity contribution in [1.29, 1.82) is 0 Å². The molecule has 1 heterocycles. The summed E-state index contributed by atoms with van der Waals surface area (Å²) in [4.78, 5) is 26.1. The summed E-state index contributed by atoms with van der Waals surface area (Å²) in [6, 6.07) is 14.6. The molecule has 0 spiro atoms. The van der Waals surface area contributed by atoms with Crippen LogP contribution in [0.25, 0.3) is 0 Å². The van der Waals surface area contributed by atoms with Crippen molar-refractivity contribution in [3.05, 3.63) is 65.2 Å². The molecule has 0 saturated heterocycles. The van der Waals surface area contributed by atoms with Gasteiger partial charge in [0, 0.05) is 6.54 Å². The van der Waals surface area contributed by atoms with Gasteiger partial charge in [-0.25, -0.2) is 8.42 Å². The summed E-state index contributed by atoms with van der Waals surface area (Å²) in [6.07, 6.45) is 6.61. The van der Waals surface area contributed by atoms with Gasteiger partial charge in [0.25, 0.3) is 11.8 Å². The highest BCUT2D eigenvalue weighted by Crippen LogP contribution is 2.27. The minimum absolute atomic E-state index is 0.0955. The maximum Gasteiger partial charge on any atom is 0.261 e. The first-order valence-electron chi connectivity index (χ1n) is 12.3. The Hall–Kier alpha value is -2.67. The van der Waals surface area contributed by atoms with Crippen molar-refractivity contribution < 1.29 is 22.7 Å². The highest BCUT2D eigenvalue weighted by Gasteiger charge is 2.34. The molecule has 2 aliphatic rings. The van der Waals surface area contributed by atoms with E-state index in [4.69, 9.17) is 4.74 Å². The Morgan fingerprint density at radius 3 is 2.29 bits per heavy atom. The van der Waals surface area contributed by atoms with Gasteiger partial charge in [0.2, 0.25) is 0 Å². The Morgan fingerprint density at radius 1 is 0.941 bits per heavy atom. The molecule has 2 aromatic carbocycles. The molecule has 1 aliphatic carbocycles. The van der Waals surface area contributed by atoms with Gasteiger partial charge >= 0.3 is 0 Å².